The van der Waals surface area contributed by atoms with Crippen molar-refractivity contribution >= 4 is 12.2 Å². The first-order valence-electron chi connectivity index (χ1n) is 11.0. The molecule has 0 fully saturated rings. The third-order valence-electron chi connectivity index (χ3n) is 6.02. The summed E-state index contributed by atoms with van der Waals surface area (Å²) in [4.78, 5) is 13.6. The average molecular weight is 445 g/mol. The molecule has 0 spiro atoms. The summed E-state index contributed by atoms with van der Waals surface area (Å²) < 4.78 is 23.5. The Balaban J connectivity index is 1.42. The van der Waals surface area contributed by atoms with Gasteiger partial charge >= 0.3 is 0 Å². The first-order chi connectivity index (χ1) is 16.0. The van der Waals surface area contributed by atoms with E-state index < -0.39 is 0 Å². The van der Waals surface area contributed by atoms with Gasteiger partial charge in [0.1, 0.15) is 17.3 Å². The van der Waals surface area contributed by atoms with E-state index in [-0.39, 0.29) is 11.7 Å². The predicted octanol–water partition coefficient (Wildman–Crippen LogP) is 4.72. The Labute approximate surface area is 191 Å². The lowest BCUT2D eigenvalue weighted by Crippen LogP contribution is -2.18. The lowest BCUT2D eigenvalue weighted by atomic mass is 9.88. The highest BCUT2D eigenvalue weighted by atomic mass is 19.1. The number of hydrogen-bond donors (Lipinski definition) is 0. The second-order valence-corrected chi connectivity index (χ2v) is 8.22. The number of ether oxygens (including phenoxy) is 1. The maximum Gasteiger partial charge on any atom is 0.238 e. The first kappa shape index (κ1) is 21.1. The Morgan fingerprint density at radius 1 is 1.12 bits per heavy atom. The van der Waals surface area contributed by atoms with Gasteiger partial charge in [-0.25, -0.2) is 24.0 Å². The SMILES string of the molecule is COc1nc(C=Cc2nc3n(n2)CCCC3c2cccc(F)c2C)ccc1-n1cnc(C)c1. The minimum absolute atomic E-state index is 0.0419. The molecule has 5 rings (SSSR count). The molecule has 3 aromatic heterocycles. The summed E-state index contributed by atoms with van der Waals surface area (Å²) in [6, 6.07) is 9.12. The van der Waals surface area contributed by atoms with Crippen molar-refractivity contribution in [3.05, 3.63) is 82.8 Å². The topological polar surface area (TPSA) is 70.7 Å². The summed E-state index contributed by atoms with van der Waals surface area (Å²) in [6.07, 6.45) is 9.29. The summed E-state index contributed by atoms with van der Waals surface area (Å²) in [5.41, 5.74) is 4.13. The number of benzene rings is 1. The summed E-state index contributed by atoms with van der Waals surface area (Å²) in [5.74, 6) is 1.86. The number of rotatable bonds is 5. The number of aromatic nitrogens is 6. The molecule has 1 unspecified atom stereocenters. The van der Waals surface area contributed by atoms with Crippen molar-refractivity contribution in [1.82, 2.24) is 29.3 Å². The van der Waals surface area contributed by atoms with Gasteiger partial charge in [0.05, 0.1) is 24.8 Å². The second kappa shape index (κ2) is 8.61. The fourth-order valence-corrected chi connectivity index (χ4v) is 4.34. The molecule has 7 nitrogen and oxygen atoms in total. The van der Waals surface area contributed by atoms with Crippen molar-refractivity contribution in [3.63, 3.8) is 0 Å². The molecule has 1 aliphatic rings. The Bertz CT molecular complexity index is 1340. The number of fused-ring (bicyclic) bond motifs is 1. The molecule has 4 aromatic rings. The van der Waals surface area contributed by atoms with Gasteiger partial charge in [-0.3, -0.25) is 0 Å². The lowest BCUT2D eigenvalue weighted by Gasteiger charge is -2.23. The smallest absolute Gasteiger partial charge is 0.238 e. The van der Waals surface area contributed by atoms with E-state index in [1.54, 1.807) is 19.5 Å². The van der Waals surface area contributed by atoms with Crippen LogP contribution in [0.25, 0.3) is 17.8 Å². The summed E-state index contributed by atoms with van der Waals surface area (Å²) in [6.45, 7) is 4.58. The van der Waals surface area contributed by atoms with Crippen molar-refractivity contribution in [3.8, 4) is 11.6 Å². The summed E-state index contributed by atoms with van der Waals surface area (Å²) in [7, 11) is 1.60. The van der Waals surface area contributed by atoms with Crippen LogP contribution in [0.5, 0.6) is 5.88 Å². The molecule has 1 atom stereocenters. The zero-order chi connectivity index (χ0) is 22.9. The van der Waals surface area contributed by atoms with Crippen LogP contribution in [-0.2, 0) is 6.54 Å². The number of hydrogen-bond acceptors (Lipinski definition) is 5. The van der Waals surface area contributed by atoms with Gasteiger partial charge in [0.25, 0.3) is 0 Å². The van der Waals surface area contributed by atoms with Crippen molar-refractivity contribution in [1.29, 1.82) is 0 Å². The van der Waals surface area contributed by atoms with E-state index in [1.165, 1.54) is 6.07 Å². The number of halogens is 1. The van der Waals surface area contributed by atoms with Gasteiger partial charge in [0.15, 0.2) is 5.82 Å². The highest BCUT2D eigenvalue weighted by Gasteiger charge is 2.27. The molecule has 0 bridgehead atoms. The Morgan fingerprint density at radius 2 is 2.00 bits per heavy atom. The molecule has 0 radical (unpaired) electrons. The van der Waals surface area contributed by atoms with Crippen LogP contribution in [0.2, 0.25) is 0 Å². The number of pyridine rings is 1. The number of nitrogens with zero attached hydrogens (tertiary/aromatic N) is 6. The average Bonchev–Trinajstić information content (AvgIpc) is 3.45. The fraction of sp³-hybridized carbons (Fsp3) is 0.280. The summed E-state index contributed by atoms with van der Waals surface area (Å²) in [5, 5.41) is 4.66. The zero-order valence-electron chi connectivity index (χ0n) is 18.9. The van der Waals surface area contributed by atoms with Crippen LogP contribution in [0.4, 0.5) is 4.39 Å². The third-order valence-corrected chi connectivity index (χ3v) is 6.02. The number of methoxy groups -OCH3 is 1. The van der Waals surface area contributed by atoms with Gasteiger partial charge in [-0.2, -0.15) is 5.10 Å². The molecule has 4 heterocycles. The van der Waals surface area contributed by atoms with Crippen molar-refractivity contribution in [2.24, 2.45) is 0 Å². The maximum absolute atomic E-state index is 14.1. The molecule has 1 aromatic carbocycles. The van der Waals surface area contributed by atoms with E-state index in [1.807, 2.05) is 59.6 Å². The van der Waals surface area contributed by atoms with Crippen molar-refractivity contribution < 1.29 is 9.13 Å². The van der Waals surface area contributed by atoms with Crippen molar-refractivity contribution in [2.75, 3.05) is 7.11 Å². The quantitative estimate of drug-likeness (QED) is 0.446. The monoisotopic (exact) mass is 444 g/mol. The van der Waals surface area contributed by atoms with Crippen LogP contribution >= 0.6 is 0 Å². The van der Waals surface area contributed by atoms with Gasteiger partial charge in [0, 0.05) is 18.7 Å². The second-order valence-electron chi connectivity index (χ2n) is 8.22. The minimum atomic E-state index is -0.182. The maximum atomic E-state index is 14.1. The highest BCUT2D eigenvalue weighted by Crippen LogP contribution is 2.34. The summed E-state index contributed by atoms with van der Waals surface area (Å²) >= 11 is 0. The molecule has 1 aliphatic heterocycles. The van der Waals surface area contributed by atoms with Crippen LogP contribution in [0.3, 0.4) is 0 Å². The molecule has 0 N–H and O–H groups in total. The number of aryl methyl sites for hydroxylation is 2. The van der Waals surface area contributed by atoms with Gasteiger partial charge < -0.3 is 9.30 Å². The van der Waals surface area contributed by atoms with Crippen LogP contribution in [0.15, 0.2) is 42.9 Å². The largest absolute Gasteiger partial charge is 0.479 e. The molecular formula is C25H25FN6O. The molecular weight excluding hydrogens is 419 g/mol. The lowest BCUT2D eigenvalue weighted by molar-refractivity contribution is 0.395. The Kier molecular flexibility index (Phi) is 5.50. The van der Waals surface area contributed by atoms with Crippen LogP contribution in [-0.4, -0.2) is 36.4 Å². The Hall–Kier alpha value is -3.81. The van der Waals surface area contributed by atoms with Crippen molar-refractivity contribution in [2.45, 2.75) is 39.2 Å². The van der Waals surface area contributed by atoms with E-state index in [4.69, 9.17) is 9.72 Å². The van der Waals surface area contributed by atoms with E-state index in [0.717, 1.165) is 47.8 Å². The molecule has 8 heteroatoms. The molecule has 0 saturated heterocycles. The molecule has 0 amide bonds. The Morgan fingerprint density at radius 3 is 2.79 bits per heavy atom. The van der Waals surface area contributed by atoms with Crippen LogP contribution < -0.4 is 4.74 Å². The normalized spacial score (nSPS) is 15.7. The van der Waals surface area contributed by atoms with E-state index >= 15 is 0 Å². The van der Waals surface area contributed by atoms with Crippen LogP contribution in [0, 0.1) is 19.7 Å². The van der Waals surface area contributed by atoms with Crippen LogP contribution in [0.1, 0.15) is 52.9 Å². The zero-order valence-corrected chi connectivity index (χ0v) is 18.9. The molecule has 168 valence electrons. The van der Waals surface area contributed by atoms with Gasteiger partial charge in [-0.15, -0.1) is 0 Å². The van der Waals surface area contributed by atoms with E-state index in [2.05, 4.69) is 15.1 Å². The van der Waals surface area contributed by atoms with E-state index in [9.17, 15) is 4.39 Å². The van der Waals surface area contributed by atoms with Gasteiger partial charge in [-0.05, 0) is 68.2 Å². The standard InChI is InChI=1S/C25H25FN6O/c1-16-14-31(15-27-16)22-11-9-18(28-25(22)33-3)10-12-23-29-24-20(7-5-13-32(24)30-23)19-6-4-8-21(26)17(19)2/h4,6,8-12,14-15,20H,5,7,13H2,1-3H3. The fourth-order valence-electron chi connectivity index (χ4n) is 4.34. The predicted molar refractivity (Wildman–Crippen MR) is 124 cm³/mol. The van der Waals surface area contributed by atoms with E-state index in [0.29, 0.717) is 17.3 Å². The number of imidazole rings is 1. The molecule has 33 heavy (non-hydrogen) atoms. The molecule has 0 saturated carbocycles. The third kappa shape index (κ3) is 4.04. The first-order valence-corrected chi connectivity index (χ1v) is 11.0. The van der Waals surface area contributed by atoms with Gasteiger partial charge in [-0.1, -0.05) is 12.1 Å². The highest BCUT2D eigenvalue weighted by molar-refractivity contribution is 5.65. The van der Waals surface area contributed by atoms with Gasteiger partial charge in [0.2, 0.25) is 5.88 Å². The minimum Gasteiger partial charge on any atom is -0.479 e. The molecule has 0 aliphatic carbocycles.